The van der Waals surface area contributed by atoms with Crippen LogP contribution in [0.25, 0.3) is 11.5 Å². The Hall–Kier alpha value is -1.88. The molecule has 0 unspecified atom stereocenters. The van der Waals surface area contributed by atoms with Crippen molar-refractivity contribution in [3.63, 3.8) is 0 Å². The molecule has 0 spiro atoms. The van der Waals surface area contributed by atoms with Crippen molar-refractivity contribution < 1.29 is 9.15 Å². The van der Waals surface area contributed by atoms with Crippen molar-refractivity contribution in [2.45, 2.75) is 19.9 Å². The van der Waals surface area contributed by atoms with Crippen LogP contribution in [0, 0.1) is 0 Å². The van der Waals surface area contributed by atoms with E-state index in [-0.39, 0.29) is 0 Å². The van der Waals surface area contributed by atoms with E-state index in [2.05, 4.69) is 22.4 Å². The summed E-state index contributed by atoms with van der Waals surface area (Å²) in [6.07, 6.45) is 1.08. The van der Waals surface area contributed by atoms with Gasteiger partial charge in [0.05, 0.1) is 13.7 Å². The molecule has 1 aromatic carbocycles. The van der Waals surface area contributed by atoms with Gasteiger partial charge in [-0.05, 0) is 31.2 Å². The van der Waals surface area contributed by atoms with E-state index in [0.29, 0.717) is 18.3 Å². The molecule has 1 N–H and O–H groups in total. The minimum absolute atomic E-state index is 0.516. The van der Waals surface area contributed by atoms with Crippen LogP contribution >= 0.6 is 0 Å². The highest BCUT2D eigenvalue weighted by Gasteiger charge is 2.08. The molecule has 0 fully saturated rings. The van der Waals surface area contributed by atoms with Gasteiger partial charge in [0.1, 0.15) is 5.75 Å². The molecule has 0 saturated heterocycles. The summed E-state index contributed by atoms with van der Waals surface area (Å²) >= 11 is 0. The van der Waals surface area contributed by atoms with Crippen molar-refractivity contribution in [3.8, 4) is 17.2 Å². The zero-order chi connectivity index (χ0) is 12.8. The van der Waals surface area contributed by atoms with Gasteiger partial charge in [-0.1, -0.05) is 13.0 Å². The number of nitrogens with one attached hydrogen (secondary N) is 1. The van der Waals surface area contributed by atoms with Gasteiger partial charge in [-0.3, -0.25) is 0 Å². The standard InChI is InChI=1S/C13H17N3O2/c1-3-7-14-9-12-15-16-13(18-12)10-5-4-6-11(8-10)17-2/h4-6,8,14H,3,7,9H2,1-2H3. The van der Waals surface area contributed by atoms with Crippen LogP contribution in [0.3, 0.4) is 0 Å². The lowest BCUT2D eigenvalue weighted by Crippen LogP contribution is -2.13. The Labute approximate surface area is 106 Å². The zero-order valence-electron chi connectivity index (χ0n) is 10.6. The van der Waals surface area contributed by atoms with E-state index in [1.165, 1.54) is 0 Å². The van der Waals surface area contributed by atoms with Crippen molar-refractivity contribution in [1.29, 1.82) is 0 Å². The molecule has 0 radical (unpaired) electrons. The quantitative estimate of drug-likeness (QED) is 0.793. The van der Waals surface area contributed by atoms with Crippen LogP contribution in [-0.2, 0) is 6.54 Å². The zero-order valence-corrected chi connectivity index (χ0v) is 10.6. The number of methoxy groups -OCH3 is 1. The maximum atomic E-state index is 5.58. The van der Waals surface area contributed by atoms with Crippen molar-refractivity contribution in [2.75, 3.05) is 13.7 Å². The normalized spacial score (nSPS) is 10.6. The summed E-state index contributed by atoms with van der Waals surface area (Å²) in [6, 6.07) is 7.56. The first-order valence-electron chi connectivity index (χ1n) is 6.01. The Morgan fingerprint density at radius 3 is 3.00 bits per heavy atom. The molecule has 18 heavy (non-hydrogen) atoms. The summed E-state index contributed by atoms with van der Waals surface area (Å²) in [7, 11) is 1.63. The summed E-state index contributed by atoms with van der Waals surface area (Å²) in [5.41, 5.74) is 0.864. The molecule has 0 aliphatic heterocycles. The van der Waals surface area contributed by atoms with Crippen LogP contribution in [0.1, 0.15) is 19.2 Å². The summed E-state index contributed by atoms with van der Waals surface area (Å²) < 4.78 is 10.7. The molecule has 0 aliphatic carbocycles. The second-order valence-electron chi connectivity index (χ2n) is 3.91. The summed E-state index contributed by atoms with van der Waals surface area (Å²) in [4.78, 5) is 0. The highest BCUT2D eigenvalue weighted by molar-refractivity contribution is 5.55. The van der Waals surface area contributed by atoms with Crippen LogP contribution in [0.15, 0.2) is 28.7 Å². The summed E-state index contributed by atoms with van der Waals surface area (Å²) in [6.45, 7) is 3.66. The van der Waals surface area contributed by atoms with Crippen LogP contribution in [0.4, 0.5) is 0 Å². The third-order valence-electron chi connectivity index (χ3n) is 2.49. The number of nitrogens with zero attached hydrogens (tertiary/aromatic N) is 2. The van der Waals surface area contributed by atoms with Crippen LogP contribution in [0.2, 0.25) is 0 Å². The van der Waals surface area contributed by atoms with E-state index >= 15 is 0 Å². The molecule has 0 aliphatic rings. The Morgan fingerprint density at radius 2 is 2.22 bits per heavy atom. The smallest absolute Gasteiger partial charge is 0.247 e. The maximum Gasteiger partial charge on any atom is 0.247 e. The fourth-order valence-electron chi connectivity index (χ4n) is 1.57. The van der Waals surface area contributed by atoms with E-state index in [0.717, 1.165) is 24.3 Å². The molecule has 2 rings (SSSR count). The monoisotopic (exact) mass is 247 g/mol. The lowest BCUT2D eigenvalue weighted by molar-refractivity contribution is 0.414. The van der Waals surface area contributed by atoms with Crippen LogP contribution in [0.5, 0.6) is 5.75 Å². The van der Waals surface area contributed by atoms with Gasteiger partial charge in [0, 0.05) is 5.56 Å². The van der Waals surface area contributed by atoms with Crippen molar-refractivity contribution in [3.05, 3.63) is 30.2 Å². The summed E-state index contributed by atoms with van der Waals surface area (Å²) in [5, 5.41) is 11.2. The first-order valence-corrected chi connectivity index (χ1v) is 6.01. The van der Waals surface area contributed by atoms with Crippen molar-refractivity contribution in [1.82, 2.24) is 15.5 Å². The number of benzene rings is 1. The van der Waals surface area contributed by atoms with Gasteiger partial charge in [0.2, 0.25) is 11.8 Å². The van der Waals surface area contributed by atoms with E-state index < -0.39 is 0 Å². The largest absolute Gasteiger partial charge is 0.497 e. The third-order valence-corrected chi connectivity index (χ3v) is 2.49. The first kappa shape index (κ1) is 12.6. The number of hydrogen-bond donors (Lipinski definition) is 1. The van der Waals surface area contributed by atoms with Gasteiger partial charge in [-0.25, -0.2) is 0 Å². The Kier molecular flexibility index (Phi) is 4.30. The maximum absolute atomic E-state index is 5.58. The summed E-state index contributed by atoms with van der Waals surface area (Å²) in [5.74, 6) is 1.89. The Morgan fingerprint density at radius 1 is 1.33 bits per heavy atom. The molecule has 5 nitrogen and oxygen atoms in total. The minimum Gasteiger partial charge on any atom is -0.497 e. The third kappa shape index (κ3) is 3.07. The highest BCUT2D eigenvalue weighted by atomic mass is 16.5. The number of aromatic nitrogens is 2. The molecule has 0 atom stereocenters. The molecule has 96 valence electrons. The van der Waals surface area contributed by atoms with Gasteiger partial charge in [0.25, 0.3) is 0 Å². The van der Waals surface area contributed by atoms with E-state index in [1.54, 1.807) is 7.11 Å². The average molecular weight is 247 g/mol. The molecular formula is C13H17N3O2. The molecule has 5 heteroatoms. The van der Waals surface area contributed by atoms with E-state index in [1.807, 2.05) is 24.3 Å². The molecule has 0 saturated carbocycles. The fourth-order valence-corrected chi connectivity index (χ4v) is 1.57. The topological polar surface area (TPSA) is 60.2 Å². The lowest BCUT2D eigenvalue weighted by Gasteiger charge is -2.00. The number of ether oxygens (including phenoxy) is 1. The first-order chi connectivity index (χ1) is 8.83. The SMILES string of the molecule is CCCNCc1nnc(-c2cccc(OC)c2)o1. The van der Waals surface area contributed by atoms with Crippen LogP contribution < -0.4 is 10.1 Å². The van der Waals surface area contributed by atoms with Gasteiger partial charge < -0.3 is 14.5 Å². The number of rotatable bonds is 6. The van der Waals surface area contributed by atoms with Gasteiger partial charge in [-0.15, -0.1) is 10.2 Å². The average Bonchev–Trinajstić information content (AvgIpc) is 2.88. The predicted octanol–water partition coefficient (Wildman–Crippen LogP) is 2.24. The van der Waals surface area contributed by atoms with Crippen molar-refractivity contribution in [2.24, 2.45) is 0 Å². The number of hydrogen-bond acceptors (Lipinski definition) is 5. The second-order valence-corrected chi connectivity index (χ2v) is 3.91. The van der Waals surface area contributed by atoms with E-state index in [9.17, 15) is 0 Å². The molecular weight excluding hydrogens is 230 g/mol. The molecule has 2 aromatic rings. The highest BCUT2D eigenvalue weighted by Crippen LogP contribution is 2.22. The van der Waals surface area contributed by atoms with Gasteiger partial charge in [-0.2, -0.15) is 0 Å². The molecule has 1 aromatic heterocycles. The Bertz CT molecular complexity index is 496. The second kappa shape index (κ2) is 6.16. The Balaban J connectivity index is 2.08. The molecule has 0 amide bonds. The molecule has 1 heterocycles. The van der Waals surface area contributed by atoms with E-state index in [4.69, 9.17) is 9.15 Å². The minimum atomic E-state index is 0.516. The van der Waals surface area contributed by atoms with Crippen molar-refractivity contribution >= 4 is 0 Å². The van der Waals surface area contributed by atoms with Gasteiger partial charge in [0.15, 0.2) is 0 Å². The molecule has 0 bridgehead atoms. The van der Waals surface area contributed by atoms with Gasteiger partial charge >= 0.3 is 0 Å². The predicted molar refractivity (Wildman–Crippen MR) is 68.3 cm³/mol. The fraction of sp³-hybridized carbons (Fsp3) is 0.385. The van der Waals surface area contributed by atoms with Crippen LogP contribution in [-0.4, -0.2) is 23.9 Å². The lowest BCUT2D eigenvalue weighted by atomic mass is 10.2.